The Hall–Kier alpha value is -1.36. The van der Waals surface area contributed by atoms with Gasteiger partial charge in [-0.15, -0.1) is 0 Å². The van der Waals surface area contributed by atoms with E-state index in [9.17, 15) is 9.59 Å². The van der Waals surface area contributed by atoms with Gasteiger partial charge in [-0.2, -0.15) is 0 Å². The second-order valence-corrected chi connectivity index (χ2v) is 5.38. The molecular formula is C13H19N3O2. The summed E-state index contributed by atoms with van der Waals surface area (Å²) in [5.41, 5.74) is 0.987. The molecule has 0 radical (unpaired) electrons. The Kier molecular flexibility index (Phi) is 3.07. The molecule has 0 amide bonds. The molecule has 1 aliphatic heterocycles. The van der Waals surface area contributed by atoms with Gasteiger partial charge >= 0.3 is 5.69 Å². The van der Waals surface area contributed by atoms with Crippen LogP contribution in [0.5, 0.6) is 0 Å². The molecule has 1 aliphatic carbocycles. The highest BCUT2D eigenvalue weighted by atomic mass is 16.2. The summed E-state index contributed by atoms with van der Waals surface area (Å²) in [4.78, 5) is 30.5. The minimum atomic E-state index is -0.384. The second kappa shape index (κ2) is 4.72. The number of fused-ring (bicyclic) bond motifs is 1. The number of rotatable bonds is 1. The van der Waals surface area contributed by atoms with Gasteiger partial charge in [0.25, 0.3) is 5.56 Å². The standard InChI is InChI=1S/C13H19N3O2/c17-12-10-8-16(9-4-2-1-3-5-9)7-6-11(10)14-13(18)15-12/h9H,1-8H2,(H2,14,15,17,18). The van der Waals surface area contributed by atoms with Gasteiger partial charge in [0, 0.05) is 31.2 Å². The zero-order chi connectivity index (χ0) is 12.5. The first-order valence-corrected chi connectivity index (χ1v) is 6.82. The van der Waals surface area contributed by atoms with E-state index >= 15 is 0 Å². The van der Waals surface area contributed by atoms with E-state index in [0.717, 1.165) is 24.2 Å². The zero-order valence-corrected chi connectivity index (χ0v) is 10.5. The third kappa shape index (κ3) is 2.14. The van der Waals surface area contributed by atoms with Crippen LogP contribution in [0.3, 0.4) is 0 Å². The van der Waals surface area contributed by atoms with E-state index in [1.807, 2.05) is 0 Å². The number of nitrogens with one attached hydrogen (secondary N) is 2. The summed E-state index contributed by atoms with van der Waals surface area (Å²) < 4.78 is 0. The maximum absolute atomic E-state index is 11.8. The van der Waals surface area contributed by atoms with Gasteiger partial charge in [0.05, 0.1) is 5.56 Å². The maximum atomic E-state index is 11.8. The molecule has 2 N–H and O–H groups in total. The van der Waals surface area contributed by atoms with Crippen LogP contribution in [0, 0.1) is 0 Å². The molecule has 0 saturated heterocycles. The van der Waals surface area contributed by atoms with Crippen molar-refractivity contribution in [3.63, 3.8) is 0 Å². The van der Waals surface area contributed by atoms with Crippen LogP contribution in [0.2, 0.25) is 0 Å². The summed E-state index contributed by atoms with van der Waals surface area (Å²) in [6, 6.07) is 0.623. The van der Waals surface area contributed by atoms with E-state index in [1.165, 1.54) is 32.1 Å². The first kappa shape index (κ1) is 11.7. The second-order valence-electron chi connectivity index (χ2n) is 5.38. The van der Waals surface area contributed by atoms with Gasteiger partial charge in [-0.3, -0.25) is 14.7 Å². The van der Waals surface area contributed by atoms with Gasteiger partial charge in [-0.1, -0.05) is 19.3 Å². The third-order valence-electron chi connectivity index (χ3n) is 4.23. The first-order valence-electron chi connectivity index (χ1n) is 6.82. The van der Waals surface area contributed by atoms with Crippen LogP contribution < -0.4 is 11.2 Å². The molecule has 98 valence electrons. The topological polar surface area (TPSA) is 69.0 Å². The molecule has 0 atom stereocenters. The van der Waals surface area contributed by atoms with Crippen LogP contribution in [0.15, 0.2) is 9.59 Å². The van der Waals surface area contributed by atoms with Crippen molar-refractivity contribution in [1.82, 2.24) is 14.9 Å². The fourth-order valence-corrected chi connectivity index (χ4v) is 3.24. The van der Waals surface area contributed by atoms with Gasteiger partial charge in [0.2, 0.25) is 0 Å². The average Bonchev–Trinajstić information content (AvgIpc) is 2.39. The zero-order valence-electron chi connectivity index (χ0n) is 10.5. The predicted octanol–water partition coefficient (Wildman–Crippen LogP) is 0.754. The summed E-state index contributed by atoms with van der Waals surface area (Å²) in [5.74, 6) is 0. The minimum Gasteiger partial charge on any atom is -0.311 e. The van der Waals surface area contributed by atoms with E-state index in [4.69, 9.17) is 0 Å². The molecule has 0 spiro atoms. The van der Waals surface area contributed by atoms with Gasteiger partial charge < -0.3 is 4.98 Å². The molecule has 0 bridgehead atoms. The van der Waals surface area contributed by atoms with Gasteiger partial charge in [-0.05, 0) is 12.8 Å². The Labute approximate surface area is 105 Å². The number of aromatic nitrogens is 2. The van der Waals surface area contributed by atoms with Crippen LogP contribution in [0.1, 0.15) is 43.4 Å². The van der Waals surface area contributed by atoms with Crippen molar-refractivity contribution in [2.24, 2.45) is 0 Å². The predicted molar refractivity (Wildman–Crippen MR) is 68.7 cm³/mol. The van der Waals surface area contributed by atoms with Crippen LogP contribution >= 0.6 is 0 Å². The molecule has 2 heterocycles. The molecule has 1 aromatic heterocycles. The van der Waals surface area contributed by atoms with Crippen molar-refractivity contribution in [2.75, 3.05) is 6.54 Å². The lowest BCUT2D eigenvalue weighted by molar-refractivity contribution is 0.139. The summed E-state index contributed by atoms with van der Waals surface area (Å²) >= 11 is 0. The van der Waals surface area contributed by atoms with Crippen molar-refractivity contribution < 1.29 is 0 Å². The van der Waals surface area contributed by atoms with E-state index in [0.29, 0.717) is 12.6 Å². The molecule has 0 unspecified atom stereocenters. The minimum absolute atomic E-state index is 0.214. The number of H-pyrrole nitrogens is 2. The third-order valence-corrected chi connectivity index (χ3v) is 4.23. The van der Waals surface area contributed by atoms with Crippen molar-refractivity contribution in [2.45, 2.75) is 51.1 Å². The van der Waals surface area contributed by atoms with Crippen molar-refractivity contribution in [3.05, 3.63) is 32.1 Å². The summed E-state index contributed by atoms with van der Waals surface area (Å²) in [7, 11) is 0. The SMILES string of the molecule is O=c1[nH]c2c(c(=O)[nH]1)CN(C1CCCCC1)CC2. The van der Waals surface area contributed by atoms with Crippen LogP contribution in [0.25, 0.3) is 0 Å². The molecule has 5 heteroatoms. The quantitative estimate of drug-likeness (QED) is 0.772. The molecule has 2 aliphatic rings. The van der Waals surface area contributed by atoms with E-state index in [1.54, 1.807) is 0 Å². The van der Waals surface area contributed by atoms with Gasteiger partial charge in [0.1, 0.15) is 0 Å². The van der Waals surface area contributed by atoms with Crippen LogP contribution in [0.4, 0.5) is 0 Å². The molecule has 1 aromatic rings. The molecule has 3 rings (SSSR count). The molecular weight excluding hydrogens is 230 g/mol. The van der Waals surface area contributed by atoms with Gasteiger partial charge in [0.15, 0.2) is 0 Å². The Morgan fingerprint density at radius 1 is 1.06 bits per heavy atom. The number of hydrogen-bond acceptors (Lipinski definition) is 3. The smallest absolute Gasteiger partial charge is 0.311 e. The lowest BCUT2D eigenvalue weighted by Gasteiger charge is -2.36. The highest BCUT2D eigenvalue weighted by Gasteiger charge is 2.26. The lowest BCUT2D eigenvalue weighted by Crippen LogP contribution is -2.44. The van der Waals surface area contributed by atoms with Crippen LogP contribution in [-0.2, 0) is 13.0 Å². The average molecular weight is 249 g/mol. The summed E-state index contributed by atoms with van der Waals surface area (Å²) in [5, 5.41) is 0. The van der Waals surface area contributed by atoms with E-state index in [-0.39, 0.29) is 11.2 Å². The number of nitrogens with zero attached hydrogens (tertiary/aromatic N) is 1. The highest BCUT2D eigenvalue weighted by Crippen LogP contribution is 2.25. The molecule has 18 heavy (non-hydrogen) atoms. The van der Waals surface area contributed by atoms with Gasteiger partial charge in [-0.25, -0.2) is 4.79 Å². The summed E-state index contributed by atoms with van der Waals surface area (Å²) in [6.07, 6.45) is 7.22. The Bertz CT molecular complexity index is 540. The maximum Gasteiger partial charge on any atom is 0.325 e. The van der Waals surface area contributed by atoms with E-state index < -0.39 is 0 Å². The molecule has 1 fully saturated rings. The van der Waals surface area contributed by atoms with Crippen molar-refractivity contribution in [3.8, 4) is 0 Å². The monoisotopic (exact) mass is 249 g/mol. The fraction of sp³-hybridized carbons (Fsp3) is 0.692. The molecule has 5 nitrogen and oxygen atoms in total. The Balaban J connectivity index is 1.84. The normalized spacial score (nSPS) is 21.8. The highest BCUT2D eigenvalue weighted by molar-refractivity contribution is 5.19. The number of aromatic amines is 2. The molecule has 0 aromatic carbocycles. The lowest BCUT2D eigenvalue weighted by atomic mass is 9.92. The number of hydrogen-bond donors (Lipinski definition) is 2. The Morgan fingerprint density at radius 2 is 1.83 bits per heavy atom. The van der Waals surface area contributed by atoms with Crippen molar-refractivity contribution in [1.29, 1.82) is 0 Å². The van der Waals surface area contributed by atoms with Crippen molar-refractivity contribution >= 4 is 0 Å². The van der Waals surface area contributed by atoms with Crippen LogP contribution in [-0.4, -0.2) is 27.5 Å². The fourth-order valence-electron chi connectivity index (χ4n) is 3.24. The first-order chi connectivity index (χ1) is 8.74. The Morgan fingerprint density at radius 3 is 2.61 bits per heavy atom. The largest absolute Gasteiger partial charge is 0.325 e. The summed E-state index contributed by atoms with van der Waals surface area (Å²) in [6.45, 7) is 1.64. The van der Waals surface area contributed by atoms with E-state index in [2.05, 4.69) is 14.9 Å². The molecule has 1 saturated carbocycles.